The Hall–Kier alpha value is -2.83. The Kier molecular flexibility index (Phi) is 4.97. The summed E-state index contributed by atoms with van der Waals surface area (Å²) in [4.78, 5) is 37.3. The lowest BCUT2D eigenvalue weighted by atomic mass is 9.96. The van der Waals surface area contributed by atoms with Crippen LogP contribution in [0.5, 0.6) is 5.75 Å². The van der Waals surface area contributed by atoms with Crippen LogP contribution in [-0.2, 0) is 16.0 Å². The number of carboxylic acid groups (broad SMARTS) is 1. The molecule has 0 atom stereocenters. The molecule has 2 heterocycles. The van der Waals surface area contributed by atoms with E-state index in [1.807, 2.05) is 0 Å². The van der Waals surface area contributed by atoms with Gasteiger partial charge in [-0.3, -0.25) is 9.59 Å². The molecule has 1 saturated heterocycles. The number of amides is 1. The summed E-state index contributed by atoms with van der Waals surface area (Å²) in [6, 6.07) is 4.60. The minimum absolute atomic E-state index is 0.0211. The van der Waals surface area contributed by atoms with E-state index >= 15 is 0 Å². The number of phenolic OH excluding ortho intramolecular Hbond substituents is 1. The van der Waals surface area contributed by atoms with E-state index in [1.54, 1.807) is 17.9 Å². The Morgan fingerprint density at radius 2 is 1.96 bits per heavy atom. The molecule has 1 fully saturated rings. The number of hydrogen-bond acceptors (Lipinski definition) is 5. The van der Waals surface area contributed by atoms with Crippen LogP contribution < -0.4 is 5.63 Å². The van der Waals surface area contributed by atoms with Gasteiger partial charge in [-0.2, -0.15) is 0 Å². The number of hydrogen-bond donors (Lipinski definition) is 2. The SMILES string of the molecule is Cc1c(CCC(=O)N2CCC(C(=O)O)CC2)c(=O)oc2cc(O)ccc12. The number of benzene rings is 1. The molecule has 1 aromatic carbocycles. The highest BCUT2D eigenvalue weighted by molar-refractivity contribution is 5.82. The fourth-order valence-corrected chi connectivity index (χ4v) is 3.44. The molecule has 0 aliphatic carbocycles. The molecule has 138 valence electrons. The lowest BCUT2D eigenvalue weighted by Crippen LogP contribution is -2.40. The Balaban J connectivity index is 1.70. The number of carbonyl (C=O) groups is 2. The van der Waals surface area contributed by atoms with E-state index in [2.05, 4.69) is 0 Å². The summed E-state index contributed by atoms with van der Waals surface area (Å²) in [6.45, 7) is 2.66. The zero-order chi connectivity index (χ0) is 18.8. The van der Waals surface area contributed by atoms with Gasteiger partial charge in [-0.1, -0.05) is 0 Å². The largest absolute Gasteiger partial charge is 0.508 e. The van der Waals surface area contributed by atoms with E-state index in [0.29, 0.717) is 37.1 Å². The maximum absolute atomic E-state index is 12.4. The third-order valence-corrected chi connectivity index (χ3v) is 5.06. The number of fused-ring (bicyclic) bond motifs is 1. The smallest absolute Gasteiger partial charge is 0.339 e. The molecule has 0 spiro atoms. The monoisotopic (exact) mass is 359 g/mol. The van der Waals surface area contributed by atoms with Crippen molar-refractivity contribution < 1.29 is 24.2 Å². The van der Waals surface area contributed by atoms with Gasteiger partial charge in [-0.05, 0) is 43.9 Å². The molecule has 0 bridgehead atoms. The van der Waals surface area contributed by atoms with Gasteiger partial charge in [0, 0.05) is 36.5 Å². The van der Waals surface area contributed by atoms with Crippen molar-refractivity contribution in [2.24, 2.45) is 5.92 Å². The molecule has 7 heteroatoms. The highest BCUT2D eigenvalue weighted by Crippen LogP contribution is 2.24. The van der Waals surface area contributed by atoms with E-state index in [-0.39, 0.29) is 30.4 Å². The van der Waals surface area contributed by atoms with Gasteiger partial charge in [0.05, 0.1) is 5.92 Å². The summed E-state index contributed by atoms with van der Waals surface area (Å²) in [5, 5.41) is 19.3. The summed E-state index contributed by atoms with van der Waals surface area (Å²) in [5.41, 5.74) is 1.02. The Morgan fingerprint density at radius 3 is 2.62 bits per heavy atom. The normalized spacial score (nSPS) is 15.3. The fourth-order valence-electron chi connectivity index (χ4n) is 3.44. The summed E-state index contributed by atoms with van der Waals surface area (Å²) >= 11 is 0. The van der Waals surface area contributed by atoms with Crippen molar-refractivity contribution in [2.45, 2.75) is 32.6 Å². The predicted octanol–water partition coefficient (Wildman–Crippen LogP) is 2.06. The number of piperidine rings is 1. The average molecular weight is 359 g/mol. The second kappa shape index (κ2) is 7.19. The molecular weight excluding hydrogens is 338 g/mol. The molecule has 1 aromatic heterocycles. The maximum atomic E-state index is 12.4. The molecule has 2 N–H and O–H groups in total. The Morgan fingerprint density at radius 1 is 1.27 bits per heavy atom. The van der Waals surface area contributed by atoms with Crippen molar-refractivity contribution in [2.75, 3.05) is 13.1 Å². The van der Waals surface area contributed by atoms with Gasteiger partial charge in [0.1, 0.15) is 11.3 Å². The topological polar surface area (TPSA) is 108 Å². The number of carbonyl (C=O) groups excluding carboxylic acids is 1. The highest BCUT2D eigenvalue weighted by atomic mass is 16.4. The molecule has 0 saturated carbocycles. The number of rotatable bonds is 4. The summed E-state index contributed by atoms with van der Waals surface area (Å²) in [6.07, 6.45) is 1.36. The predicted molar refractivity (Wildman–Crippen MR) is 94.1 cm³/mol. The van der Waals surface area contributed by atoms with Gasteiger partial charge in [-0.25, -0.2) is 4.79 Å². The zero-order valence-electron chi connectivity index (χ0n) is 14.5. The molecule has 0 unspecified atom stereocenters. The van der Waals surface area contributed by atoms with Gasteiger partial charge in [-0.15, -0.1) is 0 Å². The van der Waals surface area contributed by atoms with E-state index < -0.39 is 11.6 Å². The fraction of sp³-hybridized carbons (Fsp3) is 0.421. The molecule has 1 aliphatic heterocycles. The van der Waals surface area contributed by atoms with Crippen molar-refractivity contribution in [3.05, 3.63) is 39.7 Å². The van der Waals surface area contributed by atoms with Crippen LogP contribution in [0.2, 0.25) is 0 Å². The molecule has 1 amide bonds. The lowest BCUT2D eigenvalue weighted by molar-refractivity contribution is -0.145. The third-order valence-electron chi connectivity index (χ3n) is 5.06. The minimum Gasteiger partial charge on any atom is -0.508 e. The van der Waals surface area contributed by atoms with Crippen molar-refractivity contribution >= 4 is 22.8 Å². The van der Waals surface area contributed by atoms with Crippen LogP contribution in [0.1, 0.15) is 30.4 Å². The van der Waals surface area contributed by atoms with Crippen molar-refractivity contribution in [3.63, 3.8) is 0 Å². The first-order chi connectivity index (χ1) is 12.4. The number of carboxylic acids is 1. The van der Waals surface area contributed by atoms with Gasteiger partial charge in [0.25, 0.3) is 0 Å². The molecule has 7 nitrogen and oxygen atoms in total. The first-order valence-electron chi connectivity index (χ1n) is 8.62. The molecule has 3 rings (SSSR count). The highest BCUT2D eigenvalue weighted by Gasteiger charge is 2.27. The average Bonchev–Trinajstić information content (AvgIpc) is 2.61. The van der Waals surface area contributed by atoms with Crippen molar-refractivity contribution in [1.82, 2.24) is 4.90 Å². The first-order valence-corrected chi connectivity index (χ1v) is 8.62. The van der Waals surface area contributed by atoms with Gasteiger partial charge in [0.15, 0.2) is 0 Å². The standard InChI is InChI=1S/C19H21NO6/c1-11-14-3-2-13(21)10-16(14)26-19(25)15(11)4-5-17(22)20-8-6-12(7-9-20)18(23)24/h2-3,10,12,21H,4-9H2,1H3,(H,23,24). The van der Waals surface area contributed by atoms with Crippen LogP contribution in [-0.4, -0.2) is 40.1 Å². The Labute approximate surface area is 149 Å². The second-order valence-corrected chi connectivity index (χ2v) is 6.67. The van der Waals surface area contributed by atoms with Crippen LogP contribution in [0, 0.1) is 12.8 Å². The zero-order valence-corrected chi connectivity index (χ0v) is 14.5. The Bertz CT molecular complexity index is 908. The molecular formula is C19H21NO6. The number of phenols is 1. The summed E-state index contributed by atoms with van der Waals surface area (Å²) in [5.74, 6) is -1.26. The molecule has 1 aliphatic rings. The van der Waals surface area contributed by atoms with Crippen LogP contribution in [0.25, 0.3) is 11.0 Å². The molecule has 2 aromatic rings. The minimum atomic E-state index is -0.812. The van der Waals surface area contributed by atoms with Crippen molar-refractivity contribution in [1.29, 1.82) is 0 Å². The molecule has 26 heavy (non-hydrogen) atoms. The second-order valence-electron chi connectivity index (χ2n) is 6.67. The van der Waals surface area contributed by atoms with Gasteiger partial charge in [0.2, 0.25) is 5.91 Å². The van der Waals surface area contributed by atoms with E-state index in [9.17, 15) is 19.5 Å². The number of likely N-dealkylation sites (tertiary alicyclic amines) is 1. The maximum Gasteiger partial charge on any atom is 0.339 e. The van der Waals surface area contributed by atoms with E-state index in [0.717, 1.165) is 10.9 Å². The van der Waals surface area contributed by atoms with Crippen LogP contribution in [0.15, 0.2) is 27.4 Å². The number of nitrogens with zero attached hydrogens (tertiary/aromatic N) is 1. The van der Waals surface area contributed by atoms with Gasteiger partial charge < -0.3 is 19.5 Å². The van der Waals surface area contributed by atoms with Crippen LogP contribution in [0.4, 0.5) is 0 Å². The van der Waals surface area contributed by atoms with Crippen LogP contribution in [0.3, 0.4) is 0 Å². The number of aliphatic carboxylic acids is 1. The summed E-state index contributed by atoms with van der Waals surface area (Å²) < 4.78 is 5.27. The molecule has 0 radical (unpaired) electrons. The number of aromatic hydroxyl groups is 1. The van der Waals surface area contributed by atoms with Crippen molar-refractivity contribution in [3.8, 4) is 5.75 Å². The summed E-state index contributed by atoms with van der Waals surface area (Å²) in [7, 11) is 0. The van der Waals surface area contributed by atoms with E-state index in [4.69, 9.17) is 9.52 Å². The third kappa shape index (κ3) is 3.56. The van der Waals surface area contributed by atoms with Gasteiger partial charge >= 0.3 is 11.6 Å². The van der Waals surface area contributed by atoms with Crippen LogP contribution >= 0.6 is 0 Å². The lowest BCUT2D eigenvalue weighted by Gasteiger charge is -2.30. The quantitative estimate of drug-likeness (QED) is 0.809. The number of aryl methyl sites for hydroxylation is 1. The first kappa shape index (κ1) is 18.0. The van der Waals surface area contributed by atoms with E-state index in [1.165, 1.54) is 12.1 Å².